The standard InChI is InChI=1S/C17H14F3N5O2S/c18-17(19,20)11-3-1-2-10(8-11)16-22-12(9-28-16)15(27)23-14-5-7-25(24-14)6-4-13(21)26/h1-3,5,7-9H,4,6H2,(H2,21,26)(H,23,24,27). The maximum absolute atomic E-state index is 12.8. The van der Waals surface area contributed by atoms with Crippen molar-refractivity contribution in [3.05, 3.63) is 53.2 Å². The quantitative estimate of drug-likeness (QED) is 0.653. The molecule has 2 heterocycles. The first-order valence-electron chi connectivity index (χ1n) is 7.98. The SMILES string of the molecule is NC(=O)CCn1ccc(NC(=O)c2csc(-c3cccc(C(F)(F)F)c3)n2)n1. The Morgan fingerprint density at radius 3 is 2.75 bits per heavy atom. The number of thiazole rings is 1. The van der Waals surface area contributed by atoms with Crippen molar-refractivity contribution < 1.29 is 22.8 Å². The normalized spacial score (nSPS) is 11.4. The monoisotopic (exact) mass is 409 g/mol. The molecule has 2 aromatic heterocycles. The van der Waals surface area contributed by atoms with Crippen molar-refractivity contribution in [1.29, 1.82) is 0 Å². The summed E-state index contributed by atoms with van der Waals surface area (Å²) in [6, 6.07) is 6.29. The van der Waals surface area contributed by atoms with Gasteiger partial charge >= 0.3 is 6.18 Å². The minimum Gasteiger partial charge on any atom is -0.370 e. The second-order valence-electron chi connectivity index (χ2n) is 5.75. The molecule has 0 radical (unpaired) electrons. The number of carbonyl (C=O) groups is 2. The molecule has 0 aliphatic heterocycles. The molecule has 28 heavy (non-hydrogen) atoms. The number of nitrogens with two attached hydrogens (primary N) is 1. The molecule has 7 nitrogen and oxygen atoms in total. The highest BCUT2D eigenvalue weighted by molar-refractivity contribution is 7.13. The molecule has 3 rings (SSSR count). The maximum Gasteiger partial charge on any atom is 0.416 e. The van der Waals surface area contributed by atoms with Crippen LogP contribution >= 0.6 is 11.3 Å². The Kier molecular flexibility index (Phi) is 5.45. The van der Waals surface area contributed by atoms with E-state index < -0.39 is 23.6 Å². The fourth-order valence-electron chi connectivity index (χ4n) is 2.30. The van der Waals surface area contributed by atoms with Gasteiger partial charge < -0.3 is 11.1 Å². The van der Waals surface area contributed by atoms with E-state index in [1.807, 2.05) is 0 Å². The van der Waals surface area contributed by atoms with E-state index in [1.165, 1.54) is 22.2 Å². The van der Waals surface area contributed by atoms with Crippen molar-refractivity contribution in [1.82, 2.24) is 14.8 Å². The largest absolute Gasteiger partial charge is 0.416 e. The van der Waals surface area contributed by atoms with E-state index >= 15 is 0 Å². The third kappa shape index (κ3) is 4.74. The average molecular weight is 409 g/mol. The summed E-state index contributed by atoms with van der Waals surface area (Å²) in [5, 5.41) is 8.37. The van der Waals surface area contributed by atoms with Gasteiger partial charge in [0.25, 0.3) is 5.91 Å². The van der Waals surface area contributed by atoms with E-state index in [0.717, 1.165) is 23.5 Å². The van der Waals surface area contributed by atoms with Crippen LogP contribution in [0.15, 0.2) is 41.9 Å². The molecular weight excluding hydrogens is 395 g/mol. The Morgan fingerprint density at radius 1 is 1.25 bits per heavy atom. The van der Waals surface area contributed by atoms with Crippen molar-refractivity contribution >= 4 is 29.0 Å². The van der Waals surface area contributed by atoms with Gasteiger partial charge in [-0.1, -0.05) is 12.1 Å². The Bertz CT molecular complexity index is 1010. The number of amides is 2. The molecule has 0 saturated carbocycles. The van der Waals surface area contributed by atoms with E-state index in [4.69, 9.17) is 5.73 Å². The van der Waals surface area contributed by atoms with Crippen LogP contribution < -0.4 is 11.1 Å². The summed E-state index contributed by atoms with van der Waals surface area (Å²) in [5.74, 6) is -0.761. The van der Waals surface area contributed by atoms with Crippen LogP contribution in [0.5, 0.6) is 0 Å². The minimum absolute atomic E-state index is 0.0593. The fraction of sp³-hybridized carbons (Fsp3) is 0.176. The molecule has 0 fully saturated rings. The van der Waals surface area contributed by atoms with Crippen LogP contribution in [0.25, 0.3) is 10.6 Å². The van der Waals surface area contributed by atoms with E-state index in [1.54, 1.807) is 12.3 Å². The van der Waals surface area contributed by atoms with Crippen molar-refractivity contribution in [3.63, 3.8) is 0 Å². The van der Waals surface area contributed by atoms with Gasteiger partial charge in [-0.05, 0) is 12.1 Å². The van der Waals surface area contributed by atoms with Gasteiger partial charge in [-0.2, -0.15) is 18.3 Å². The average Bonchev–Trinajstić information content (AvgIpc) is 3.29. The topological polar surface area (TPSA) is 103 Å². The van der Waals surface area contributed by atoms with Gasteiger partial charge in [0.15, 0.2) is 5.82 Å². The van der Waals surface area contributed by atoms with Gasteiger partial charge in [0.05, 0.1) is 5.56 Å². The summed E-state index contributed by atoms with van der Waals surface area (Å²) in [7, 11) is 0. The second kappa shape index (κ2) is 7.80. The zero-order valence-electron chi connectivity index (χ0n) is 14.2. The first-order chi connectivity index (χ1) is 13.2. The number of alkyl halides is 3. The second-order valence-corrected chi connectivity index (χ2v) is 6.61. The summed E-state index contributed by atoms with van der Waals surface area (Å²) < 4.78 is 40.0. The smallest absolute Gasteiger partial charge is 0.370 e. The number of rotatable bonds is 6. The Labute approximate surface area is 161 Å². The highest BCUT2D eigenvalue weighted by atomic mass is 32.1. The maximum atomic E-state index is 12.8. The number of aryl methyl sites for hydroxylation is 1. The molecular formula is C17H14F3N5O2S. The molecule has 1 aromatic carbocycles. The van der Waals surface area contributed by atoms with Crippen LogP contribution in [0, 0.1) is 0 Å². The summed E-state index contributed by atoms with van der Waals surface area (Å²) in [5.41, 5.74) is 4.62. The lowest BCUT2D eigenvalue weighted by Gasteiger charge is -2.07. The number of halogens is 3. The molecule has 0 aliphatic carbocycles. The van der Waals surface area contributed by atoms with Crippen LogP contribution in [-0.2, 0) is 17.5 Å². The number of primary amides is 1. The van der Waals surface area contributed by atoms with Crippen LogP contribution in [0.2, 0.25) is 0 Å². The highest BCUT2D eigenvalue weighted by Gasteiger charge is 2.30. The lowest BCUT2D eigenvalue weighted by Crippen LogP contribution is -2.15. The molecule has 0 atom stereocenters. The van der Waals surface area contributed by atoms with Gasteiger partial charge in [0, 0.05) is 36.2 Å². The molecule has 0 saturated heterocycles. The van der Waals surface area contributed by atoms with Gasteiger partial charge in [-0.15, -0.1) is 11.3 Å². The number of carbonyl (C=O) groups excluding carboxylic acids is 2. The molecule has 0 spiro atoms. The lowest BCUT2D eigenvalue weighted by molar-refractivity contribution is -0.137. The van der Waals surface area contributed by atoms with Crippen LogP contribution in [0.4, 0.5) is 19.0 Å². The number of nitrogens with zero attached hydrogens (tertiary/aromatic N) is 3. The third-order valence-electron chi connectivity index (χ3n) is 3.64. The molecule has 11 heteroatoms. The first kappa shape index (κ1) is 19.5. The molecule has 3 aromatic rings. The third-order valence-corrected chi connectivity index (χ3v) is 4.53. The zero-order valence-corrected chi connectivity index (χ0v) is 15.0. The number of aromatic nitrogens is 3. The van der Waals surface area contributed by atoms with E-state index in [2.05, 4.69) is 15.4 Å². The van der Waals surface area contributed by atoms with Crippen LogP contribution in [-0.4, -0.2) is 26.6 Å². The van der Waals surface area contributed by atoms with E-state index in [9.17, 15) is 22.8 Å². The van der Waals surface area contributed by atoms with Crippen LogP contribution in [0.1, 0.15) is 22.5 Å². The van der Waals surface area contributed by atoms with Gasteiger partial charge in [-0.3, -0.25) is 14.3 Å². The summed E-state index contributed by atoms with van der Waals surface area (Å²) >= 11 is 1.06. The molecule has 0 bridgehead atoms. The van der Waals surface area contributed by atoms with E-state index in [0.29, 0.717) is 5.01 Å². The number of hydrogen-bond donors (Lipinski definition) is 2. The molecule has 146 valence electrons. The molecule has 0 unspecified atom stereocenters. The number of nitrogens with one attached hydrogen (secondary N) is 1. The minimum atomic E-state index is -4.46. The summed E-state index contributed by atoms with van der Waals surface area (Å²) in [6.07, 6.45) is -2.77. The van der Waals surface area contributed by atoms with Crippen molar-refractivity contribution in [3.8, 4) is 10.6 Å². The van der Waals surface area contributed by atoms with Gasteiger partial charge in [-0.25, -0.2) is 4.98 Å². The zero-order chi connectivity index (χ0) is 20.3. The highest BCUT2D eigenvalue weighted by Crippen LogP contribution is 2.33. The molecule has 2 amide bonds. The van der Waals surface area contributed by atoms with Gasteiger partial charge in [0.1, 0.15) is 10.7 Å². The van der Waals surface area contributed by atoms with Crippen molar-refractivity contribution in [2.75, 3.05) is 5.32 Å². The Hall–Kier alpha value is -3.21. The van der Waals surface area contributed by atoms with Gasteiger partial charge in [0.2, 0.25) is 5.91 Å². The van der Waals surface area contributed by atoms with Crippen molar-refractivity contribution in [2.24, 2.45) is 5.73 Å². The number of anilines is 1. The predicted octanol–water partition coefficient (Wildman–Crippen LogP) is 3.15. The van der Waals surface area contributed by atoms with Crippen molar-refractivity contribution in [2.45, 2.75) is 19.1 Å². The number of hydrogen-bond acceptors (Lipinski definition) is 5. The lowest BCUT2D eigenvalue weighted by atomic mass is 10.1. The summed E-state index contributed by atoms with van der Waals surface area (Å²) in [4.78, 5) is 27.2. The fourth-order valence-corrected chi connectivity index (χ4v) is 3.09. The van der Waals surface area contributed by atoms with Crippen LogP contribution in [0.3, 0.4) is 0 Å². The molecule has 3 N–H and O–H groups in total. The first-order valence-corrected chi connectivity index (χ1v) is 8.86. The number of benzene rings is 1. The predicted molar refractivity (Wildman–Crippen MR) is 96.5 cm³/mol. The Balaban J connectivity index is 1.70. The molecule has 0 aliphatic rings. The Morgan fingerprint density at radius 2 is 2.04 bits per heavy atom. The summed E-state index contributed by atoms with van der Waals surface area (Å²) in [6.45, 7) is 0.279. The van der Waals surface area contributed by atoms with E-state index in [-0.39, 0.29) is 30.0 Å².